The number of nitrogens with one attached hydrogen (secondary N) is 1. The Morgan fingerprint density at radius 3 is 3.00 bits per heavy atom. The Hall–Kier alpha value is -1.39. The van der Waals surface area contributed by atoms with Gasteiger partial charge in [-0.3, -0.25) is 14.5 Å². The number of rotatable bonds is 0. The van der Waals surface area contributed by atoms with Crippen LogP contribution in [0.1, 0.15) is 19.8 Å². The first-order valence-corrected chi connectivity index (χ1v) is 3.86. The molecule has 64 valence electrons. The van der Waals surface area contributed by atoms with Gasteiger partial charge in [0.25, 0.3) is 5.91 Å². The van der Waals surface area contributed by atoms with Crippen molar-refractivity contribution in [3.63, 3.8) is 0 Å². The van der Waals surface area contributed by atoms with Crippen LogP contribution in [0.25, 0.3) is 0 Å². The van der Waals surface area contributed by atoms with Crippen molar-refractivity contribution in [2.75, 3.05) is 0 Å². The molecule has 0 aromatic carbocycles. The molecule has 2 rings (SSSR count). The fourth-order valence-corrected chi connectivity index (χ4v) is 1.60. The van der Waals surface area contributed by atoms with Crippen molar-refractivity contribution in [1.82, 2.24) is 10.3 Å². The Labute approximate surface area is 69.4 Å². The van der Waals surface area contributed by atoms with Crippen molar-refractivity contribution in [3.05, 3.63) is 0 Å². The number of amides is 2. The van der Waals surface area contributed by atoms with Crippen molar-refractivity contribution in [3.8, 4) is 0 Å². The third-order valence-corrected chi connectivity index (χ3v) is 2.19. The van der Waals surface area contributed by atoms with Gasteiger partial charge in [-0.15, -0.1) is 0 Å². The average molecular weight is 167 g/mol. The molecule has 0 aliphatic carbocycles. The van der Waals surface area contributed by atoms with Gasteiger partial charge in [-0.1, -0.05) is 0 Å². The van der Waals surface area contributed by atoms with Crippen molar-refractivity contribution >= 4 is 17.6 Å². The largest absolute Gasteiger partial charge is 0.286 e. The fraction of sp³-hybridized carbons (Fsp3) is 0.571. The van der Waals surface area contributed by atoms with Crippen LogP contribution in [0, 0.1) is 0 Å². The van der Waals surface area contributed by atoms with Gasteiger partial charge in [0, 0.05) is 6.42 Å². The van der Waals surface area contributed by atoms with Gasteiger partial charge < -0.3 is 0 Å². The number of nitrogens with zero attached hydrogens (tertiary/aromatic N) is 2. The second kappa shape index (κ2) is 2.30. The van der Waals surface area contributed by atoms with Crippen LogP contribution in [-0.2, 0) is 9.59 Å². The zero-order valence-corrected chi connectivity index (χ0v) is 6.70. The summed E-state index contributed by atoms with van der Waals surface area (Å²) < 4.78 is 0. The molecule has 2 amide bonds. The zero-order valence-electron chi connectivity index (χ0n) is 6.70. The van der Waals surface area contributed by atoms with E-state index in [9.17, 15) is 9.59 Å². The van der Waals surface area contributed by atoms with Gasteiger partial charge in [0.05, 0.1) is 0 Å². The number of hydrazone groups is 1. The molecular formula is C7H9N3O2. The van der Waals surface area contributed by atoms with Gasteiger partial charge >= 0.3 is 0 Å². The molecule has 0 aromatic heterocycles. The first-order valence-electron chi connectivity index (χ1n) is 3.86. The molecule has 5 heteroatoms. The minimum absolute atomic E-state index is 0.00361. The van der Waals surface area contributed by atoms with Crippen molar-refractivity contribution in [1.29, 1.82) is 0 Å². The quantitative estimate of drug-likeness (QED) is 0.525. The zero-order chi connectivity index (χ0) is 8.72. The summed E-state index contributed by atoms with van der Waals surface area (Å²) in [5, 5.41) is 3.73. The lowest BCUT2D eigenvalue weighted by atomic mass is 10.2. The van der Waals surface area contributed by atoms with Crippen LogP contribution in [0.3, 0.4) is 0 Å². The molecule has 12 heavy (non-hydrogen) atoms. The number of fused-ring (bicyclic) bond motifs is 1. The first-order chi connectivity index (χ1) is 5.70. The highest BCUT2D eigenvalue weighted by atomic mass is 16.2. The van der Waals surface area contributed by atoms with E-state index in [2.05, 4.69) is 10.5 Å². The molecule has 0 saturated carbocycles. The molecule has 0 unspecified atom stereocenters. The molecule has 0 radical (unpaired) electrons. The normalized spacial score (nSPS) is 28.2. The summed E-state index contributed by atoms with van der Waals surface area (Å²) in [6.45, 7) is 1.72. The second-order valence-corrected chi connectivity index (χ2v) is 2.95. The highest BCUT2D eigenvalue weighted by Crippen LogP contribution is 2.21. The molecule has 2 heterocycles. The van der Waals surface area contributed by atoms with E-state index in [-0.39, 0.29) is 17.9 Å². The topological polar surface area (TPSA) is 61.8 Å². The van der Waals surface area contributed by atoms with E-state index < -0.39 is 0 Å². The maximum Gasteiger partial charge on any atom is 0.263 e. The number of carbonyl (C=O) groups excluding carboxylic acids is 2. The van der Waals surface area contributed by atoms with Crippen LogP contribution >= 0.6 is 0 Å². The van der Waals surface area contributed by atoms with E-state index in [1.807, 2.05) is 0 Å². The average Bonchev–Trinajstić information content (AvgIpc) is 2.42. The Morgan fingerprint density at radius 1 is 1.58 bits per heavy atom. The number of carbonyl (C=O) groups is 2. The van der Waals surface area contributed by atoms with Crippen molar-refractivity contribution in [2.45, 2.75) is 25.8 Å². The highest BCUT2D eigenvalue weighted by Gasteiger charge is 2.39. The first kappa shape index (κ1) is 7.27. The van der Waals surface area contributed by atoms with Gasteiger partial charge in [-0.2, -0.15) is 5.10 Å². The predicted molar refractivity (Wildman–Crippen MR) is 41.1 cm³/mol. The van der Waals surface area contributed by atoms with Crippen LogP contribution in [0.15, 0.2) is 5.10 Å². The Morgan fingerprint density at radius 2 is 2.33 bits per heavy atom. The summed E-state index contributed by atoms with van der Waals surface area (Å²) in [6, 6.07) is -0.310. The minimum Gasteiger partial charge on any atom is -0.286 e. The summed E-state index contributed by atoms with van der Waals surface area (Å²) in [5.74, 6) is 0.407. The van der Waals surface area contributed by atoms with Gasteiger partial charge in [-0.25, -0.2) is 5.43 Å². The molecule has 2 aliphatic rings. The Bertz CT molecular complexity index is 282. The smallest absolute Gasteiger partial charge is 0.263 e. The standard InChI is InChI=1S/C7H9N3O2/c1-4-8-9-7(12)5-2-3-6(11)10(4)5/h5H,2-3H2,1H3,(H,9,12)/t5-/m0/s1. The van der Waals surface area contributed by atoms with E-state index in [0.717, 1.165) is 0 Å². The third kappa shape index (κ3) is 0.823. The molecular weight excluding hydrogens is 158 g/mol. The monoisotopic (exact) mass is 167 g/mol. The Kier molecular flexibility index (Phi) is 1.39. The number of hydrogen-bond donors (Lipinski definition) is 1. The lowest BCUT2D eigenvalue weighted by Crippen LogP contribution is -2.50. The van der Waals surface area contributed by atoms with Crippen molar-refractivity contribution in [2.24, 2.45) is 5.10 Å². The van der Waals surface area contributed by atoms with Crippen LogP contribution in [0.4, 0.5) is 0 Å². The summed E-state index contributed by atoms with van der Waals surface area (Å²) in [6.07, 6.45) is 1.06. The van der Waals surface area contributed by atoms with Crippen LogP contribution in [-0.4, -0.2) is 28.6 Å². The summed E-state index contributed by atoms with van der Waals surface area (Å²) in [7, 11) is 0. The molecule has 1 fully saturated rings. The maximum absolute atomic E-state index is 11.2. The molecule has 0 aromatic rings. The summed E-state index contributed by atoms with van der Waals surface area (Å²) in [4.78, 5) is 23.9. The lowest BCUT2D eigenvalue weighted by Gasteiger charge is -2.26. The van der Waals surface area contributed by atoms with Gasteiger partial charge in [-0.05, 0) is 13.3 Å². The summed E-state index contributed by atoms with van der Waals surface area (Å²) in [5.41, 5.74) is 2.38. The highest BCUT2D eigenvalue weighted by molar-refractivity contribution is 6.06. The predicted octanol–water partition coefficient (Wildman–Crippen LogP) is -0.559. The van der Waals surface area contributed by atoms with Gasteiger partial charge in [0.15, 0.2) is 0 Å². The molecule has 0 spiro atoms. The molecule has 5 nitrogen and oxygen atoms in total. The van der Waals surface area contributed by atoms with Crippen LogP contribution in [0.5, 0.6) is 0 Å². The van der Waals surface area contributed by atoms with Crippen LogP contribution < -0.4 is 5.43 Å². The van der Waals surface area contributed by atoms with E-state index in [1.165, 1.54) is 4.90 Å². The SMILES string of the molecule is CC1=NNC(=O)[C@@H]2CCC(=O)N12. The van der Waals surface area contributed by atoms with E-state index in [0.29, 0.717) is 18.7 Å². The number of amidine groups is 1. The Balaban J connectivity index is 2.36. The molecule has 2 aliphatic heterocycles. The number of hydrogen-bond acceptors (Lipinski definition) is 3. The molecule has 1 N–H and O–H groups in total. The van der Waals surface area contributed by atoms with E-state index in [4.69, 9.17) is 0 Å². The summed E-state index contributed by atoms with van der Waals surface area (Å²) >= 11 is 0. The van der Waals surface area contributed by atoms with Gasteiger partial charge in [0.1, 0.15) is 11.9 Å². The van der Waals surface area contributed by atoms with Crippen LogP contribution in [0.2, 0.25) is 0 Å². The van der Waals surface area contributed by atoms with E-state index >= 15 is 0 Å². The van der Waals surface area contributed by atoms with Gasteiger partial charge in [0.2, 0.25) is 5.91 Å². The molecule has 1 atom stereocenters. The minimum atomic E-state index is -0.310. The third-order valence-electron chi connectivity index (χ3n) is 2.19. The fourth-order valence-electron chi connectivity index (χ4n) is 1.60. The molecule has 0 bridgehead atoms. The van der Waals surface area contributed by atoms with Crippen molar-refractivity contribution < 1.29 is 9.59 Å². The van der Waals surface area contributed by atoms with E-state index in [1.54, 1.807) is 6.92 Å². The maximum atomic E-state index is 11.2. The molecule has 1 saturated heterocycles. The second-order valence-electron chi connectivity index (χ2n) is 2.95. The lowest BCUT2D eigenvalue weighted by molar-refractivity contribution is -0.132.